The van der Waals surface area contributed by atoms with Crippen LogP contribution in [0.4, 0.5) is 10.1 Å². The Hall–Kier alpha value is -2.69. The molecule has 1 amide bonds. The van der Waals surface area contributed by atoms with Crippen molar-refractivity contribution >= 4 is 23.2 Å². The van der Waals surface area contributed by atoms with Gasteiger partial charge in [-0.1, -0.05) is 60.1 Å². The molecule has 0 aliphatic heterocycles. The summed E-state index contributed by atoms with van der Waals surface area (Å²) in [5.41, 5.74) is 2.28. The molecule has 0 spiro atoms. The number of benzene rings is 3. The van der Waals surface area contributed by atoms with Gasteiger partial charge in [0.2, 0.25) is 5.91 Å². The van der Waals surface area contributed by atoms with Crippen molar-refractivity contribution in [2.24, 2.45) is 0 Å². The Morgan fingerprint density at radius 3 is 2.22 bits per heavy atom. The van der Waals surface area contributed by atoms with Crippen molar-refractivity contribution in [3.05, 3.63) is 101 Å². The third-order valence-electron chi connectivity index (χ3n) is 4.30. The van der Waals surface area contributed by atoms with Crippen LogP contribution in [0.5, 0.6) is 0 Å². The molecule has 0 heterocycles. The van der Waals surface area contributed by atoms with Crippen LogP contribution in [0.1, 0.15) is 30.1 Å². The number of rotatable bonds is 6. The Kier molecular flexibility index (Phi) is 6.22. The molecule has 0 radical (unpaired) electrons. The molecule has 0 saturated heterocycles. The fourth-order valence-electron chi connectivity index (χ4n) is 2.88. The molecule has 3 rings (SSSR count). The van der Waals surface area contributed by atoms with Gasteiger partial charge in [0.25, 0.3) is 0 Å². The Morgan fingerprint density at radius 2 is 1.56 bits per heavy atom. The maximum atomic E-state index is 13.1. The second-order valence-electron chi connectivity index (χ2n) is 6.25. The van der Waals surface area contributed by atoms with Gasteiger partial charge in [-0.25, -0.2) is 4.39 Å². The molecule has 5 heteroatoms. The average Bonchev–Trinajstić information content (AvgIpc) is 2.68. The van der Waals surface area contributed by atoms with Gasteiger partial charge in [-0.3, -0.25) is 10.1 Å². The van der Waals surface area contributed by atoms with Gasteiger partial charge in [0.1, 0.15) is 11.9 Å². The van der Waals surface area contributed by atoms with Crippen molar-refractivity contribution < 1.29 is 9.18 Å². The summed E-state index contributed by atoms with van der Waals surface area (Å²) in [7, 11) is 0. The van der Waals surface area contributed by atoms with E-state index in [-0.39, 0.29) is 17.8 Å². The van der Waals surface area contributed by atoms with Gasteiger partial charge >= 0.3 is 0 Å². The number of halogens is 2. The fourth-order valence-corrected chi connectivity index (χ4v) is 3.18. The van der Waals surface area contributed by atoms with Crippen molar-refractivity contribution in [2.45, 2.75) is 19.0 Å². The van der Waals surface area contributed by atoms with Crippen LogP contribution in [0, 0.1) is 5.82 Å². The van der Waals surface area contributed by atoms with Crippen LogP contribution < -0.4 is 10.6 Å². The first-order valence-electron chi connectivity index (χ1n) is 8.66. The quantitative estimate of drug-likeness (QED) is 0.590. The summed E-state index contributed by atoms with van der Waals surface area (Å²) in [4.78, 5) is 12.9. The highest BCUT2D eigenvalue weighted by atomic mass is 35.5. The standard InChI is InChI=1S/C22H20ClFN2O/c1-15(19-9-5-6-10-20(19)23)25-21(16-7-3-2-4-8-16)22(27)26-18-13-11-17(24)12-14-18/h2-15,21,25H,1H3,(H,26,27). The van der Waals surface area contributed by atoms with Crippen LogP contribution in [-0.2, 0) is 4.79 Å². The van der Waals surface area contributed by atoms with Crippen molar-refractivity contribution in [1.29, 1.82) is 0 Å². The Bertz CT molecular complexity index is 900. The number of hydrogen-bond acceptors (Lipinski definition) is 2. The van der Waals surface area contributed by atoms with E-state index in [1.807, 2.05) is 61.5 Å². The molecule has 3 nitrogen and oxygen atoms in total. The molecule has 0 fully saturated rings. The molecule has 2 atom stereocenters. The first-order chi connectivity index (χ1) is 13.0. The summed E-state index contributed by atoms with van der Waals surface area (Å²) in [6, 6.07) is 21.9. The van der Waals surface area contributed by atoms with Crippen LogP contribution in [0.2, 0.25) is 5.02 Å². The van der Waals surface area contributed by atoms with Gasteiger partial charge in [-0.2, -0.15) is 0 Å². The van der Waals surface area contributed by atoms with Crippen LogP contribution in [0.25, 0.3) is 0 Å². The van der Waals surface area contributed by atoms with E-state index in [1.165, 1.54) is 24.3 Å². The minimum Gasteiger partial charge on any atom is -0.324 e. The first-order valence-corrected chi connectivity index (χ1v) is 9.04. The van der Waals surface area contributed by atoms with Gasteiger partial charge in [0, 0.05) is 16.8 Å². The lowest BCUT2D eigenvalue weighted by Gasteiger charge is -2.24. The minimum absolute atomic E-state index is 0.150. The zero-order valence-electron chi connectivity index (χ0n) is 14.8. The number of amides is 1. The maximum absolute atomic E-state index is 13.1. The molecule has 0 aromatic heterocycles. The van der Waals surface area contributed by atoms with Crippen LogP contribution in [0.15, 0.2) is 78.9 Å². The summed E-state index contributed by atoms with van der Waals surface area (Å²) < 4.78 is 13.1. The van der Waals surface area contributed by atoms with Crippen LogP contribution in [-0.4, -0.2) is 5.91 Å². The molecule has 27 heavy (non-hydrogen) atoms. The van der Waals surface area contributed by atoms with Gasteiger partial charge in [-0.05, 0) is 48.4 Å². The monoisotopic (exact) mass is 382 g/mol. The Labute approximate surface area is 163 Å². The minimum atomic E-state index is -0.595. The molecule has 0 aliphatic carbocycles. The molecule has 0 saturated carbocycles. The molecule has 3 aromatic carbocycles. The molecule has 0 bridgehead atoms. The summed E-state index contributed by atoms with van der Waals surface area (Å²) in [5.74, 6) is -0.579. The summed E-state index contributed by atoms with van der Waals surface area (Å²) in [6.45, 7) is 1.96. The number of nitrogens with one attached hydrogen (secondary N) is 2. The highest BCUT2D eigenvalue weighted by Crippen LogP contribution is 2.26. The number of carbonyl (C=O) groups excluding carboxylic acids is 1. The Morgan fingerprint density at radius 1 is 0.926 bits per heavy atom. The summed E-state index contributed by atoms with van der Waals surface area (Å²) >= 11 is 6.30. The molecule has 138 valence electrons. The second kappa shape index (κ2) is 8.80. The molecule has 2 unspecified atom stereocenters. The van der Waals surface area contributed by atoms with Crippen molar-refractivity contribution in [3.8, 4) is 0 Å². The molecular weight excluding hydrogens is 363 g/mol. The van der Waals surface area contributed by atoms with E-state index in [1.54, 1.807) is 0 Å². The molecule has 2 N–H and O–H groups in total. The van der Waals surface area contributed by atoms with Gasteiger partial charge in [-0.15, -0.1) is 0 Å². The van der Waals surface area contributed by atoms with Gasteiger partial charge in [0.05, 0.1) is 0 Å². The van der Waals surface area contributed by atoms with Crippen molar-refractivity contribution in [3.63, 3.8) is 0 Å². The fraction of sp³-hybridized carbons (Fsp3) is 0.136. The normalized spacial score (nSPS) is 13.0. The third-order valence-corrected chi connectivity index (χ3v) is 4.64. The van der Waals surface area contributed by atoms with E-state index >= 15 is 0 Å². The smallest absolute Gasteiger partial charge is 0.246 e. The third kappa shape index (κ3) is 4.94. The summed E-state index contributed by atoms with van der Waals surface area (Å²) in [6.07, 6.45) is 0. The number of anilines is 1. The van der Waals surface area contributed by atoms with Crippen molar-refractivity contribution in [1.82, 2.24) is 5.32 Å². The average molecular weight is 383 g/mol. The lowest BCUT2D eigenvalue weighted by molar-refractivity contribution is -0.118. The van der Waals surface area contributed by atoms with E-state index in [0.717, 1.165) is 11.1 Å². The zero-order chi connectivity index (χ0) is 19.2. The highest BCUT2D eigenvalue weighted by molar-refractivity contribution is 6.31. The van der Waals surface area contributed by atoms with Crippen LogP contribution >= 0.6 is 11.6 Å². The van der Waals surface area contributed by atoms with Crippen molar-refractivity contribution in [2.75, 3.05) is 5.32 Å². The largest absolute Gasteiger partial charge is 0.324 e. The number of carbonyl (C=O) groups is 1. The van der Waals surface area contributed by atoms with E-state index in [0.29, 0.717) is 10.7 Å². The van der Waals surface area contributed by atoms with Crippen LogP contribution in [0.3, 0.4) is 0 Å². The molecule has 3 aromatic rings. The van der Waals surface area contributed by atoms with E-state index < -0.39 is 6.04 Å². The zero-order valence-corrected chi connectivity index (χ0v) is 15.6. The first kappa shape index (κ1) is 19.1. The number of hydrogen-bond donors (Lipinski definition) is 2. The highest BCUT2D eigenvalue weighted by Gasteiger charge is 2.23. The predicted molar refractivity (Wildman–Crippen MR) is 107 cm³/mol. The Balaban J connectivity index is 1.84. The molecule has 0 aliphatic rings. The topological polar surface area (TPSA) is 41.1 Å². The van der Waals surface area contributed by atoms with Gasteiger partial charge < -0.3 is 5.32 Å². The van der Waals surface area contributed by atoms with E-state index in [4.69, 9.17) is 11.6 Å². The predicted octanol–water partition coefficient (Wildman–Crippen LogP) is 5.51. The van der Waals surface area contributed by atoms with E-state index in [9.17, 15) is 9.18 Å². The lowest BCUT2D eigenvalue weighted by Crippen LogP contribution is -2.34. The lowest BCUT2D eigenvalue weighted by atomic mass is 10.0. The second-order valence-corrected chi connectivity index (χ2v) is 6.66. The SMILES string of the molecule is CC(NC(C(=O)Nc1ccc(F)cc1)c1ccccc1)c1ccccc1Cl. The van der Waals surface area contributed by atoms with Gasteiger partial charge in [0.15, 0.2) is 0 Å². The molecular formula is C22H20ClFN2O. The summed E-state index contributed by atoms with van der Waals surface area (Å²) in [5, 5.41) is 6.83. The maximum Gasteiger partial charge on any atom is 0.246 e. The van der Waals surface area contributed by atoms with E-state index in [2.05, 4.69) is 10.6 Å².